The van der Waals surface area contributed by atoms with Gasteiger partial charge in [0.05, 0.1) is 12.0 Å². The molecule has 0 rings (SSSR count). The molecular weight excluding hydrogens is 272 g/mol. The summed E-state index contributed by atoms with van der Waals surface area (Å²) in [7, 11) is 0. The molecule has 7 heteroatoms. The number of alkyl halides is 2. The van der Waals surface area contributed by atoms with E-state index in [-0.39, 0.29) is 19.1 Å². The molecule has 1 N–H and O–H groups in total. The van der Waals surface area contributed by atoms with Gasteiger partial charge in [-0.05, 0) is 20.3 Å². The summed E-state index contributed by atoms with van der Waals surface area (Å²) >= 11 is 0. The number of alkyl carbamates (subject to hydrolysis) is 1. The van der Waals surface area contributed by atoms with Crippen LogP contribution in [0, 0.1) is 5.41 Å². The van der Waals surface area contributed by atoms with Crippen molar-refractivity contribution < 1.29 is 27.8 Å². The van der Waals surface area contributed by atoms with Crippen LogP contribution >= 0.6 is 0 Å². The molecule has 0 bridgehead atoms. The van der Waals surface area contributed by atoms with Crippen LogP contribution in [0.15, 0.2) is 12.3 Å². The third-order valence-electron chi connectivity index (χ3n) is 2.75. The van der Waals surface area contributed by atoms with Gasteiger partial charge in [-0.2, -0.15) is 8.78 Å². The molecule has 0 radical (unpaired) electrons. The maximum absolute atomic E-state index is 12.7. The number of nitrogens with one attached hydrogen (secondary N) is 1. The Morgan fingerprint density at radius 3 is 2.25 bits per heavy atom. The molecule has 0 saturated carbocycles. The fraction of sp³-hybridized carbons (Fsp3) is 0.692. The molecule has 0 heterocycles. The minimum Gasteiger partial charge on any atom is -0.463 e. The van der Waals surface area contributed by atoms with E-state index < -0.39 is 23.2 Å². The molecule has 20 heavy (non-hydrogen) atoms. The first kappa shape index (κ1) is 18.3. The van der Waals surface area contributed by atoms with Gasteiger partial charge in [0.1, 0.15) is 6.61 Å². The van der Waals surface area contributed by atoms with Crippen LogP contribution in [0.3, 0.4) is 0 Å². The average molecular weight is 293 g/mol. The van der Waals surface area contributed by atoms with Crippen molar-refractivity contribution in [3.8, 4) is 0 Å². The molecule has 0 aromatic heterocycles. The topological polar surface area (TPSA) is 64.6 Å². The summed E-state index contributed by atoms with van der Waals surface area (Å²) in [4.78, 5) is 22.7. The summed E-state index contributed by atoms with van der Waals surface area (Å²) in [6, 6.07) is 0. The third kappa shape index (κ3) is 6.49. The molecule has 1 amide bonds. The molecule has 116 valence electrons. The number of hydrogen-bond acceptors (Lipinski definition) is 4. The normalized spacial score (nSPS) is 11.7. The van der Waals surface area contributed by atoms with Crippen LogP contribution in [-0.4, -0.2) is 31.1 Å². The van der Waals surface area contributed by atoms with Gasteiger partial charge in [-0.25, -0.2) is 4.79 Å². The second kappa shape index (κ2) is 7.21. The van der Waals surface area contributed by atoms with Crippen molar-refractivity contribution >= 4 is 12.1 Å². The van der Waals surface area contributed by atoms with Crippen LogP contribution in [0.1, 0.15) is 34.1 Å². The summed E-state index contributed by atoms with van der Waals surface area (Å²) in [5.74, 6) is -4.63. The molecule has 0 spiro atoms. The predicted molar refractivity (Wildman–Crippen MR) is 69.3 cm³/mol. The van der Waals surface area contributed by atoms with E-state index >= 15 is 0 Å². The number of hydrogen-bond donors (Lipinski definition) is 1. The maximum Gasteiger partial charge on any atom is 0.412 e. The van der Waals surface area contributed by atoms with Crippen molar-refractivity contribution in [2.75, 3.05) is 13.2 Å². The Hall–Kier alpha value is -1.66. The Bertz CT molecular complexity index is 375. The van der Waals surface area contributed by atoms with Crippen LogP contribution in [0.25, 0.3) is 0 Å². The Morgan fingerprint density at radius 2 is 1.80 bits per heavy atom. The van der Waals surface area contributed by atoms with E-state index in [0.29, 0.717) is 13.3 Å². The molecule has 0 aliphatic carbocycles. The van der Waals surface area contributed by atoms with E-state index in [4.69, 9.17) is 4.74 Å². The van der Waals surface area contributed by atoms with Crippen molar-refractivity contribution in [2.45, 2.75) is 40.0 Å². The lowest BCUT2D eigenvalue weighted by Crippen LogP contribution is -2.33. The third-order valence-corrected chi connectivity index (χ3v) is 2.75. The number of rotatable bonds is 7. The monoisotopic (exact) mass is 293 g/mol. The first-order valence-electron chi connectivity index (χ1n) is 6.21. The zero-order valence-electron chi connectivity index (χ0n) is 12.2. The number of ether oxygens (including phenoxy) is 2. The van der Waals surface area contributed by atoms with Crippen LogP contribution in [0.4, 0.5) is 13.6 Å². The number of carbonyl (C=O) groups excluding carboxylic acids is 2. The minimum atomic E-state index is -3.30. The number of halogens is 2. The second-order valence-corrected chi connectivity index (χ2v) is 5.00. The average Bonchev–Trinajstić information content (AvgIpc) is 2.32. The lowest BCUT2D eigenvalue weighted by atomic mass is 9.91. The first-order valence-corrected chi connectivity index (χ1v) is 6.21. The molecule has 0 unspecified atom stereocenters. The highest BCUT2D eigenvalue weighted by Gasteiger charge is 2.29. The number of esters is 1. The van der Waals surface area contributed by atoms with Gasteiger partial charge in [0.2, 0.25) is 0 Å². The van der Waals surface area contributed by atoms with Gasteiger partial charge in [-0.15, -0.1) is 0 Å². The van der Waals surface area contributed by atoms with Gasteiger partial charge in [0.25, 0.3) is 0 Å². The van der Waals surface area contributed by atoms with Crippen molar-refractivity contribution in [1.29, 1.82) is 0 Å². The molecule has 0 aliphatic rings. The largest absolute Gasteiger partial charge is 0.463 e. The zero-order valence-corrected chi connectivity index (χ0v) is 12.2. The van der Waals surface area contributed by atoms with Crippen molar-refractivity contribution in [3.05, 3.63) is 12.3 Å². The predicted octanol–water partition coefficient (Wildman–Crippen LogP) is 2.86. The summed E-state index contributed by atoms with van der Waals surface area (Å²) < 4.78 is 34.5. The molecule has 5 nitrogen and oxygen atoms in total. The Labute approximate surface area is 117 Å². The Balaban J connectivity index is 3.95. The van der Waals surface area contributed by atoms with Crippen LogP contribution in [-0.2, 0) is 14.3 Å². The maximum atomic E-state index is 12.7. The SMILES string of the molecule is C=C(OC(=O)NCCOC(=O)C(C)(C)CC)C(C)(F)F. The van der Waals surface area contributed by atoms with Gasteiger partial charge >= 0.3 is 18.0 Å². The highest BCUT2D eigenvalue weighted by molar-refractivity contribution is 5.75. The van der Waals surface area contributed by atoms with Crippen molar-refractivity contribution in [2.24, 2.45) is 5.41 Å². The molecule has 0 saturated heterocycles. The second-order valence-electron chi connectivity index (χ2n) is 5.00. The highest BCUT2D eigenvalue weighted by Crippen LogP contribution is 2.22. The van der Waals surface area contributed by atoms with E-state index in [2.05, 4.69) is 16.6 Å². The molecule has 0 aromatic carbocycles. The number of amides is 1. The lowest BCUT2D eigenvalue weighted by molar-refractivity contribution is -0.153. The van der Waals surface area contributed by atoms with Crippen LogP contribution in [0.2, 0.25) is 0 Å². The van der Waals surface area contributed by atoms with E-state index in [1.54, 1.807) is 13.8 Å². The number of carbonyl (C=O) groups is 2. The molecule has 0 atom stereocenters. The Kier molecular flexibility index (Phi) is 6.61. The lowest BCUT2D eigenvalue weighted by Gasteiger charge is -2.20. The molecular formula is C13H21F2NO4. The highest BCUT2D eigenvalue weighted by atomic mass is 19.3. The standard InChI is InChI=1S/C13H21F2NO4/c1-6-12(3,4)10(17)19-8-7-16-11(18)20-9(2)13(5,14)15/h2,6-8H2,1,3-5H3,(H,16,18). The van der Waals surface area contributed by atoms with E-state index in [9.17, 15) is 18.4 Å². The van der Waals surface area contributed by atoms with Crippen molar-refractivity contribution in [3.63, 3.8) is 0 Å². The van der Waals surface area contributed by atoms with Gasteiger partial charge < -0.3 is 14.8 Å². The minimum absolute atomic E-state index is 0.0348. The summed E-state index contributed by atoms with van der Waals surface area (Å²) in [5, 5.41) is 2.18. The number of allylic oxidation sites excluding steroid dienone is 1. The fourth-order valence-electron chi connectivity index (χ4n) is 0.874. The molecule has 0 fully saturated rings. The summed E-state index contributed by atoms with van der Waals surface area (Å²) in [5.41, 5.74) is -0.598. The quantitative estimate of drug-likeness (QED) is 0.445. The fourth-order valence-corrected chi connectivity index (χ4v) is 0.874. The van der Waals surface area contributed by atoms with E-state index in [1.165, 1.54) is 0 Å². The van der Waals surface area contributed by atoms with Crippen LogP contribution < -0.4 is 5.32 Å². The van der Waals surface area contributed by atoms with E-state index in [0.717, 1.165) is 0 Å². The molecule has 0 aromatic rings. The van der Waals surface area contributed by atoms with Gasteiger partial charge in [0, 0.05) is 6.92 Å². The summed E-state index contributed by atoms with van der Waals surface area (Å²) in [6.45, 7) is 8.75. The summed E-state index contributed by atoms with van der Waals surface area (Å²) in [6.07, 6.45) is -0.450. The van der Waals surface area contributed by atoms with Gasteiger partial charge in [0.15, 0.2) is 5.76 Å². The first-order chi connectivity index (χ1) is 9.00. The van der Waals surface area contributed by atoms with Crippen molar-refractivity contribution in [1.82, 2.24) is 5.32 Å². The zero-order chi connectivity index (χ0) is 16.0. The molecule has 0 aliphatic heterocycles. The Morgan fingerprint density at radius 1 is 1.25 bits per heavy atom. The van der Waals surface area contributed by atoms with Crippen LogP contribution in [0.5, 0.6) is 0 Å². The smallest absolute Gasteiger partial charge is 0.412 e. The van der Waals surface area contributed by atoms with Gasteiger partial charge in [-0.3, -0.25) is 4.79 Å². The van der Waals surface area contributed by atoms with Gasteiger partial charge in [-0.1, -0.05) is 13.5 Å². The van der Waals surface area contributed by atoms with E-state index in [1.807, 2.05) is 6.92 Å².